The first-order chi connectivity index (χ1) is 10.3. The van der Waals surface area contributed by atoms with Gasteiger partial charge in [-0.25, -0.2) is 9.59 Å². The van der Waals surface area contributed by atoms with Crippen molar-refractivity contribution >= 4 is 11.9 Å². The van der Waals surface area contributed by atoms with Crippen LogP contribution in [-0.4, -0.2) is 63.1 Å². The molecule has 1 fully saturated rings. The standard InChI is InChI=1S/C14H20O8/c1-3-5-7(6-4-2)13(20)22-14-10(17)8(15)9(16)11(21-14)12(18)19/h3,5,8-11,14-17H,1,4,6H2,2H3,(H,18,19)/b7-5-/t8-,9-,10+,11-,14?/m0/s1. The third-order valence-corrected chi connectivity index (χ3v) is 3.14. The van der Waals surface area contributed by atoms with Gasteiger partial charge in [0, 0.05) is 5.57 Å². The van der Waals surface area contributed by atoms with Gasteiger partial charge in [0.05, 0.1) is 0 Å². The first-order valence-corrected chi connectivity index (χ1v) is 6.78. The van der Waals surface area contributed by atoms with Crippen molar-refractivity contribution in [2.75, 3.05) is 0 Å². The lowest BCUT2D eigenvalue weighted by Gasteiger charge is -2.38. The Labute approximate surface area is 127 Å². The fourth-order valence-corrected chi connectivity index (χ4v) is 2.00. The van der Waals surface area contributed by atoms with Gasteiger partial charge in [-0.15, -0.1) is 0 Å². The van der Waals surface area contributed by atoms with E-state index in [9.17, 15) is 24.9 Å². The summed E-state index contributed by atoms with van der Waals surface area (Å²) in [6.45, 7) is 5.31. The number of esters is 1. The smallest absolute Gasteiger partial charge is 0.336 e. The van der Waals surface area contributed by atoms with Gasteiger partial charge in [-0.2, -0.15) is 0 Å². The predicted molar refractivity (Wildman–Crippen MR) is 73.6 cm³/mol. The van der Waals surface area contributed by atoms with Crippen LogP contribution in [0.2, 0.25) is 0 Å². The van der Waals surface area contributed by atoms with Crippen LogP contribution in [0.1, 0.15) is 19.8 Å². The summed E-state index contributed by atoms with van der Waals surface area (Å²) in [5, 5.41) is 37.8. The lowest BCUT2D eigenvalue weighted by molar-refractivity contribution is -0.285. The third-order valence-electron chi connectivity index (χ3n) is 3.14. The van der Waals surface area contributed by atoms with Crippen LogP contribution in [0.5, 0.6) is 0 Å². The molecular weight excluding hydrogens is 296 g/mol. The molecule has 0 amide bonds. The number of aliphatic hydroxyl groups is 3. The van der Waals surface area contributed by atoms with E-state index >= 15 is 0 Å². The van der Waals surface area contributed by atoms with Gasteiger partial charge in [-0.1, -0.05) is 32.1 Å². The number of hydrogen-bond donors (Lipinski definition) is 4. The number of rotatable bonds is 6. The van der Waals surface area contributed by atoms with Crippen molar-refractivity contribution in [1.82, 2.24) is 0 Å². The number of carboxylic acid groups (broad SMARTS) is 1. The van der Waals surface area contributed by atoms with Gasteiger partial charge in [0.25, 0.3) is 0 Å². The average molecular weight is 316 g/mol. The molecule has 22 heavy (non-hydrogen) atoms. The van der Waals surface area contributed by atoms with E-state index in [4.69, 9.17) is 14.6 Å². The Balaban J connectivity index is 2.86. The van der Waals surface area contributed by atoms with Crippen molar-refractivity contribution < 1.29 is 39.5 Å². The summed E-state index contributed by atoms with van der Waals surface area (Å²) in [6, 6.07) is 0. The highest BCUT2D eigenvalue weighted by Gasteiger charge is 2.48. The summed E-state index contributed by atoms with van der Waals surface area (Å²) in [5.74, 6) is -2.37. The number of aliphatic hydroxyl groups excluding tert-OH is 3. The van der Waals surface area contributed by atoms with E-state index in [-0.39, 0.29) is 5.57 Å². The zero-order valence-corrected chi connectivity index (χ0v) is 12.1. The van der Waals surface area contributed by atoms with Gasteiger partial charge in [0.1, 0.15) is 18.3 Å². The quantitative estimate of drug-likeness (QED) is 0.288. The number of ether oxygens (including phenoxy) is 2. The molecule has 8 heteroatoms. The second-order valence-corrected chi connectivity index (χ2v) is 4.82. The van der Waals surface area contributed by atoms with Gasteiger partial charge < -0.3 is 29.9 Å². The highest BCUT2D eigenvalue weighted by Crippen LogP contribution is 2.23. The molecule has 0 bridgehead atoms. The summed E-state index contributed by atoms with van der Waals surface area (Å²) in [7, 11) is 0. The zero-order valence-electron chi connectivity index (χ0n) is 12.1. The van der Waals surface area contributed by atoms with Crippen LogP contribution in [0.4, 0.5) is 0 Å². The molecule has 1 unspecified atom stereocenters. The van der Waals surface area contributed by atoms with Crippen LogP contribution in [0.15, 0.2) is 24.3 Å². The lowest BCUT2D eigenvalue weighted by Crippen LogP contribution is -2.60. The second-order valence-electron chi connectivity index (χ2n) is 4.82. The molecule has 0 aromatic carbocycles. The van der Waals surface area contributed by atoms with E-state index in [1.807, 2.05) is 6.92 Å². The van der Waals surface area contributed by atoms with Crippen LogP contribution >= 0.6 is 0 Å². The molecule has 0 aromatic rings. The third kappa shape index (κ3) is 4.14. The number of carbonyl (C=O) groups is 2. The monoisotopic (exact) mass is 316 g/mol. The first kappa shape index (κ1) is 18.3. The fraction of sp³-hybridized carbons (Fsp3) is 0.571. The molecule has 0 radical (unpaired) electrons. The Bertz CT molecular complexity index is 458. The van der Waals surface area contributed by atoms with Gasteiger partial charge in [0.2, 0.25) is 6.29 Å². The Hall–Kier alpha value is -1.74. The van der Waals surface area contributed by atoms with E-state index in [0.717, 1.165) is 0 Å². The van der Waals surface area contributed by atoms with Crippen molar-refractivity contribution in [3.8, 4) is 0 Å². The molecule has 1 aliphatic rings. The topological polar surface area (TPSA) is 134 Å². The van der Waals surface area contributed by atoms with Gasteiger partial charge >= 0.3 is 11.9 Å². The van der Waals surface area contributed by atoms with Crippen LogP contribution in [0.25, 0.3) is 0 Å². The molecule has 0 aliphatic carbocycles. The van der Waals surface area contributed by atoms with E-state index in [0.29, 0.717) is 12.8 Å². The molecule has 5 atom stereocenters. The van der Waals surface area contributed by atoms with Crippen molar-refractivity contribution in [3.05, 3.63) is 24.3 Å². The van der Waals surface area contributed by atoms with Crippen molar-refractivity contribution in [3.63, 3.8) is 0 Å². The molecule has 4 N–H and O–H groups in total. The highest BCUT2D eigenvalue weighted by atomic mass is 16.7. The number of hydrogen-bond acceptors (Lipinski definition) is 7. The van der Waals surface area contributed by atoms with E-state index in [1.165, 1.54) is 12.2 Å². The van der Waals surface area contributed by atoms with Gasteiger partial charge in [0.15, 0.2) is 6.10 Å². The van der Waals surface area contributed by atoms with Crippen molar-refractivity contribution in [2.45, 2.75) is 50.5 Å². The summed E-state index contributed by atoms with van der Waals surface area (Å²) in [6.07, 6.45) is -5.05. The fourth-order valence-electron chi connectivity index (χ4n) is 2.00. The Kier molecular flexibility index (Phi) is 6.69. The van der Waals surface area contributed by atoms with E-state index in [2.05, 4.69) is 6.58 Å². The number of allylic oxidation sites excluding steroid dienone is 2. The highest BCUT2D eigenvalue weighted by molar-refractivity contribution is 5.88. The number of carboxylic acids is 1. The normalized spacial score (nSPS) is 32.4. The predicted octanol–water partition coefficient (Wildman–Crippen LogP) is -0.666. The molecule has 0 spiro atoms. The molecule has 1 rings (SSSR count). The first-order valence-electron chi connectivity index (χ1n) is 6.78. The molecule has 124 valence electrons. The average Bonchev–Trinajstić information content (AvgIpc) is 2.47. The van der Waals surface area contributed by atoms with Gasteiger partial charge in [-0.3, -0.25) is 0 Å². The molecular formula is C14H20O8. The van der Waals surface area contributed by atoms with E-state index < -0.39 is 42.6 Å². The summed E-state index contributed by atoms with van der Waals surface area (Å²) < 4.78 is 9.77. The number of aliphatic carboxylic acids is 1. The largest absolute Gasteiger partial charge is 0.479 e. The van der Waals surface area contributed by atoms with Gasteiger partial charge in [-0.05, 0) is 6.42 Å². The Morgan fingerprint density at radius 1 is 1.23 bits per heavy atom. The second kappa shape index (κ2) is 8.04. The van der Waals surface area contributed by atoms with Crippen LogP contribution in [0, 0.1) is 0 Å². The lowest BCUT2D eigenvalue weighted by atomic mass is 9.99. The van der Waals surface area contributed by atoms with Crippen molar-refractivity contribution in [1.29, 1.82) is 0 Å². The Morgan fingerprint density at radius 3 is 2.36 bits per heavy atom. The molecule has 1 heterocycles. The maximum absolute atomic E-state index is 12.0. The molecule has 1 saturated heterocycles. The Morgan fingerprint density at radius 2 is 1.86 bits per heavy atom. The SMILES string of the molecule is C=C/C=C(/CCC)C(=O)OC1O[C@H](C(=O)O)[C@@H](O)[C@H](O)[C@H]1O. The minimum atomic E-state index is -1.83. The number of carbonyl (C=O) groups excluding carboxylic acids is 1. The molecule has 0 aromatic heterocycles. The van der Waals surface area contributed by atoms with Crippen LogP contribution in [-0.2, 0) is 19.1 Å². The van der Waals surface area contributed by atoms with Crippen LogP contribution < -0.4 is 0 Å². The zero-order chi connectivity index (χ0) is 16.9. The maximum atomic E-state index is 12.0. The van der Waals surface area contributed by atoms with Crippen molar-refractivity contribution in [2.24, 2.45) is 0 Å². The molecule has 8 nitrogen and oxygen atoms in total. The molecule has 0 saturated carbocycles. The maximum Gasteiger partial charge on any atom is 0.336 e. The molecule has 1 aliphatic heterocycles. The summed E-state index contributed by atoms with van der Waals surface area (Å²) in [5.41, 5.74) is 0.265. The summed E-state index contributed by atoms with van der Waals surface area (Å²) in [4.78, 5) is 22.9. The van der Waals surface area contributed by atoms with Crippen LogP contribution in [0.3, 0.4) is 0 Å². The summed E-state index contributed by atoms with van der Waals surface area (Å²) >= 11 is 0. The van der Waals surface area contributed by atoms with E-state index in [1.54, 1.807) is 0 Å². The minimum absolute atomic E-state index is 0.265. The minimum Gasteiger partial charge on any atom is -0.479 e.